The first-order valence-corrected chi connectivity index (χ1v) is 4.99. The SMILES string of the molecule is CCCCCC#CC(O)C(C)CO. The van der Waals surface area contributed by atoms with Crippen LogP contribution in [0.5, 0.6) is 0 Å². The first kappa shape index (κ1) is 12.5. The van der Waals surface area contributed by atoms with E-state index in [1.807, 2.05) is 0 Å². The average molecular weight is 184 g/mol. The summed E-state index contributed by atoms with van der Waals surface area (Å²) in [5, 5.41) is 18.1. The maximum Gasteiger partial charge on any atom is 0.119 e. The van der Waals surface area contributed by atoms with Crippen molar-refractivity contribution in [3.63, 3.8) is 0 Å². The summed E-state index contributed by atoms with van der Waals surface area (Å²) < 4.78 is 0. The number of aliphatic hydroxyl groups excluding tert-OH is 2. The van der Waals surface area contributed by atoms with Gasteiger partial charge in [-0.1, -0.05) is 32.6 Å². The molecule has 2 unspecified atom stereocenters. The Bertz CT molecular complexity index is 167. The molecule has 13 heavy (non-hydrogen) atoms. The molecule has 0 spiro atoms. The Balaban J connectivity index is 3.56. The maximum absolute atomic E-state index is 9.34. The Labute approximate surface area is 81.0 Å². The van der Waals surface area contributed by atoms with Crippen LogP contribution in [0.15, 0.2) is 0 Å². The first-order valence-electron chi connectivity index (χ1n) is 4.99. The second kappa shape index (κ2) is 8.10. The van der Waals surface area contributed by atoms with E-state index >= 15 is 0 Å². The normalized spacial score (nSPS) is 14.5. The van der Waals surface area contributed by atoms with Crippen LogP contribution in [0.25, 0.3) is 0 Å². The quantitative estimate of drug-likeness (QED) is 0.503. The summed E-state index contributed by atoms with van der Waals surface area (Å²) in [6, 6.07) is 0. The van der Waals surface area contributed by atoms with Gasteiger partial charge in [0.25, 0.3) is 0 Å². The van der Waals surface area contributed by atoms with E-state index < -0.39 is 6.10 Å². The number of hydrogen-bond acceptors (Lipinski definition) is 2. The van der Waals surface area contributed by atoms with Gasteiger partial charge in [-0.15, -0.1) is 5.92 Å². The van der Waals surface area contributed by atoms with Gasteiger partial charge < -0.3 is 10.2 Å². The van der Waals surface area contributed by atoms with E-state index in [2.05, 4.69) is 18.8 Å². The van der Waals surface area contributed by atoms with Crippen molar-refractivity contribution in [3.8, 4) is 11.8 Å². The molecule has 0 radical (unpaired) electrons. The monoisotopic (exact) mass is 184 g/mol. The maximum atomic E-state index is 9.34. The minimum Gasteiger partial charge on any atom is -0.396 e. The van der Waals surface area contributed by atoms with Crippen LogP contribution >= 0.6 is 0 Å². The van der Waals surface area contributed by atoms with Crippen LogP contribution < -0.4 is 0 Å². The van der Waals surface area contributed by atoms with Crippen molar-refractivity contribution in [2.75, 3.05) is 6.61 Å². The number of rotatable bonds is 5. The second-order valence-corrected chi connectivity index (χ2v) is 3.38. The third-order valence-electron chi connectivity index (χ3n) is 1.98. The van der Waals surface area contributed by atoms with Gasteiger partial charge in [0, 0.05) is 18.9 Å². The van der Waals surface area contributed by atoms with Crippen molar-refractivity contribution in [1.29, 1.82) is 0 Å². The van der Waals surface area contributed by atoms with Gasteiger partial charge in [-0.05, 0) is 6.42 Å². The van der Waals surface area contributed by atoms with Crippen molar-refractivity contribution in [1.82, 2.24) is 0 Å². The van der Waals surface area contributed by atoms with Crippen molar-refractivity contribution < 1.29 is 10.2 Å². The van der Waals surface area contributed by atoms with Gasteiger partial charge in [-0.3, -0.25) is 0 Å². The topological polar surface area (TPSA) is 40.5 Å². The fourth-order valence-corrected chi connectivity index (χ4v) is 0.882. The summed E-state index contributed by atoms with van der Waals surface area (Å²) >= 11 is 0. The zero-order valence-corrected chi connectivity index (χ0v) is 8.58. The van der Waals surface area contributed by atoms with Gasteiger partial charge in [0.2, 0.25) is 0 Å². The molecule has 76 valence electrons. The van der Waals surface area contributed by atoms with Gasteiger partial charge in [-0.2, -0.15) is 0 Å². The van der Waals surface area contributed by atoms with Crippen molar-refractivity contribution in [2.45, 2.75) is 45.6 Å². The molecule has 0 saturated heterocycles. The zero-order valence-electron chi connectivity index (χ0n) is 8.58. The van der Waals surface area contributed by atoms with Crippen LogP contribution in [0.1, 0.15) is 39.5 Å². The number of unbranched alkanes of at least 4 members (excludes halogenated alkanes) is 3. The average Bonchev–Trinajstić information content (AvgIpc) is 2.16. The molecule has 0 bridgehead atoms. The lowest BCUT2D eigenvalue weighted by molar-refractivity contribution is 0.118. The molecule has 0 aromatic carbocycles. The predicted molar refractivity (Wildman–Crippen MR) is 54.2 cm³/mol. The van der Waals surface area contributed by atoms with Crippen molar-refractivity contribution in [3.05, 3.63) is 0 Å². The third kappa shape index (κ3) is 6.62. The second-order valence-electron chi connectivity index (χ2n) is 3.38. The van der Waals surface area contributed by atoms with Gasteiger partial charge in [0.1, 0.15) is 6.10 Å². The fourth-order valence-electron chi connectivity index (χ4n) is 0.882. The van der Waals surface area contributed by atoms with Crippen LogP contribution in [0.3, 0.4) is 0 Å². The summed E-state index contributed by atoms with van der Waals surface area (Å²) in [5.41, 5.74) is 0. The Morgan fingerprint density at radius 2 is 2.00 bits per heavy atom. The highest BCUT2D eigenvalue weighted by Crippen LogP contribution is 2.01. The Morgan fingerprint density at radius 3 is 2.54 bits per heavy atom. The molecule has 0 aromatic rings. The minimum atomic E-state index is -0.674. The van der Waals surface area contributed by atoms with Crippen LogP contribution in [0.4, 0.5) is 0 Å². The van der Waals surface area contributed by atoms with Crippen molar-refractivity contribution in [2.24, 2.45) is 5.92 Å². The Kier molecular flexibility index (Phi) is 7.77. The third-order valence-corrected chi connectivity index (χ3v) is 1.98. The molecule has 2 nitrogen and oxygen atoms in total. The van der Waals surface area contributed by atoms with E-state index in [0.29, 0.717) is 0 Å². The molecule has 0 aliphatic rings. The van der Waals surface area contributed by atoms with Gasteiger partial charge >= 0.3 is 0 Å². The molecule has 0 aliphatic carbocycles. The summed E-state index contributed by atoms with van der Waals surface area (Å²) in [6.45, 7) is 3.92. The standard InChI is InChI=1S/C11H20O2/c1-3-4-5-6-7-8-11(13)10(2)9-12/h10-13H,3-6,9H2,1-2H3. The number of aliphatic hydroxyl groups is 2. The molecule has 0 amide bonds. The molecule has 0 rings (SSSR count). The Hall–Kier alpha value is -0.520. The first-order chi connectivity index (χ1) is 6.22. The lowest BCUT2D eigenvalue weighted by Crippen LogP contribution is -2.18. The van der Waals surface area contributed by atoms with E-state index in [4.69, 9.17) is 5.11 Å². The van der Waals surface area contributed by atoms with Crippen LogP contribution in [-0.2, 0) is 0 Å². The minimum absolute atomic E-state index is 0.00912. The highest BCUT2D eigenvalue weighted by atomic mass is 16.3. The molecule has 0 fully saturated rings. The zero-order chi connectivity index (χ0) is 10.1. The highest BCUT2D eigenvalue weighted by Gasteiger charge is 2.08. The Morgan fingerprint density at radius 1 is 1.31 bits per heavy atom. The number of hydrogen-bond donors (Lipinski definition) is 2. The molecule has 0 saturated carbocycles. The lowest BCUT2D eigenvalue weighted by atomic mass is 10.1. The van der Waals surface area contributed by atoms with E-state index in [-0.39, 0.29) is 12.5 Å². The summed E-state index contributed by atoms with van der Waals surface area (Å²) in [4.78, 5) is 0. The van der Waals surface area contributed by atoms with E-state index in [9.17, 15) is 5.11 Å². The van der Waals surface area contributed by atoms with Crippen LogP contribution in [0.2, 0.25) is 0 Å². The largest absolute Gasteiger partial charge is 0.396 e. The van der Waals surface area contributed by atoms with E-state index in [1.165, 1.54) is 12.8 Å². The molecule has 2 atom stereocenters. The van der Waals surface area contributed by atoms with Gasteiger partial charge in [0.05, 0.1) is 0 Å². The highest BCUT2D eigenvalue weighted by molar-refractivity contribution is 5.05. The van der Waals surface area contributed by atoms with Crippen LogP contribution in [0, 0.1) is 17.8 Å². The summed E-state index contributed by atoms with van der Waals surface area (Å²) in [7, 11) is 0. The molecular weight excluding hydrogens is 164 g/mol. The molecule has 0 aromatic heterocycles. The molecule has 0 heterocycles. The van der Waals surface area contributed by atoms with E-state index in [0.717, 1.165) is 12.8 Å². The lowest BCUT2D eigenvalue weighted by Gasteiger charge is -2.08. The fraction of sp³-hybridized carbons (Fsp3) is 0.818. The van der Waals surface area contributed by atoms with E-state index in [1.54, 1.807) is 6.92 Å². The van der Waals surface area contributed by atoms with Gasteiger partial charge in [0.15, 0.2) is 0 Å². The molecular formula is C11H20O2. The van der Waals surface area contributed by atoms with Crippen molar-refractivity contribution >= 4 is 0 Å². The molecule has 0 aliphatic heterocycles. The van der Waals surface area contributed by atoms with Gasteiger partial charge in [-0.25, -0.2) is 0 Å². The molecule has 2 heteroatoms. The smallest absolute Gasteiger partial charge is 0.119 e. The molecule has 2 N–H and O–H groups in total. The summed E-state index contributed by atoms with van der Waals surface area (Å²) in [5.74, 6) is 5.52. The van der Waals surface area contributed by atoms with Crippen LogP contribution in [-0.4, -0.2) is 22.9 Å². The predicted octanol–water partition coefficient (Wildman–Crippen LogP) is 1.56. The summed E-state index contributed by atoms with van der Waals surface area (Å²) in [6.07, 6.45) is 3.66.